The molecule has 24 heavy (non-hydrogen) atoms. The minimum absolute atomic E-state index is 0.143. The molecule has 2 unspecified atom stereocenters. The van der Waals surface area contributed by atoms with Crippen LogP contribution in [0.5, 0.6) is 0 Å². The lowest BCUT2D eigenvalue weighted by Gasteiger charge is -2.40. The van der Waals surface area contributed by atoms with E-state index in [2.05, 4.69) is 6.08 Å². The number of likely N-dealkylation sites (tertiary alicyclic amines) is 1. The summed E-state index contributed by atoms with van der Waals surface area (Å²) >= 11 is 0. The van der Waals surface area contributed by atoms with Crippen molar-refractivity contribution in [2.75, 3.05) is 13.2 Å². The largest absolute Gasteiger partial charge is 0.463 e. The Morgan fingerprint density at radius 2 is 1.96 bits per heavy atom. The van der Waals surface area contributed by atoms with Gasteiger partial charge in [0.15, 0.2) is 0 Å². The third-order valence-corrected chi connectivity index (χ3v) is 4.07. The summed E-state index contributed by atoms with van der Waals surface area (Å²) in [6.07, 6.45) is 11.1. The maximum Gasteiger partial charge on any atom is 0.397 e. The maximum atomic E-state index is 12.6. The van der Waals surface area contributed by atoms with Crippen LogP contribution in [0.15, 0.2) is 36.1 Å². The number of allylic oxidation sites excluding steroid dienone is 4. The Hall–Kier alpha value is -2.37. The molecule has 0 radical (unpaired) electrons. The molecule has 1 amide bonds. The van der Waals surface area contributed by atoms with E-state index in [4.69, 9.17) is 9.47 Å². The molecule has 6 heteroatoms. The highest BCUT2D eigenvalue weighted by Gasteiger charge is 2.38. The van der Waals surface area contributed by atoms with Crippen molar-refractivity contribution in [1.82, 2.24) is 4.90 Å². The van der Waals surface area contributed by atoms with Crippen molar-refractivity contribution >= 4 is 17.8 Å². The smallest absolute Gasteiger partial charge is 0.397 e. The summed E-state index contributed by atoms with van der Waals surface area (Å²) in [5, 5.41) is 0. The molecule has 0 saturated carbocycles. The van der Waals surface area contributed by atoms with Gasteiger partial charge in [0, 0.05) is 17.7 Å². The predicted molar refractivity (Wildman–Crippen MR) is 87.6 cm³/mol. The molecule has 2 aliphatic rings. The Labute approximate surface area is 141 Å². The summed E-state index contributed by atoms with van der Waals surface area (Å²) < 4.78 is 9.73. The fraction of sp³-hybridized carbons (Fsp3) is 0.500. The lowest BCUT2D eigenvalue weighted by atomic mass is 9.84. The summed E-state index contributed by atoms with van der Waals surface area (Å²) in [5.41, 5.74) is 0.806. The summed E-state index contributed by atoms with van der Waals surface area (Å²) in [6, 6.07) is -0.361. The number of rotatable bonds is 4. The van der Waals surface area contributed by atoms with Gasteiger partial charge in [0.25, 0.3) is 0 Å². The van der Waals surface area contributed by atoms with E-state index < -0.39 is 17.8 Å². The van der Waals surface area contributed by atoms with E-state index >= 15 is 0 Å². The molecular weight excluding hydrogens is 310 g/mol. The van der Waals surface area contributed by atoms with Gasteiger partial charge >= 0.3 is 17.8 Å². The summed E-state index contributed by atoms with van der Waals surface area (Å²) in [4.78, 5) is 37.5. The number of carbonyl (C=O) groups excluding carboxylic acids is 3. The van der Waals surface area contributed by atoms with Crippen molar-refractivity contribution in [3.63, 3.8) is 0 Å². The number of nitrogens with zero attached hydrogens (tertiary/aromatic N) is 1. The van der Waals surface area contributed by atoms with E-state index in [1.807, 2.05) is 12.2 Å². The van der Waals surface area contributed by atoms with Gasteiger partial charge in [-0.15, -0.1) is 0 Å². The van der Waals surface area contributed by atoms with Crippen LogP contribution in [0.4, 0.5) is 0 Å². The van der Waals surface area contributed by atoms with E-state index in [9.17, 15) is 14.4 Å². The molecule has 1 aliphatic heterocycles. The van der Waals surface area contributed by atoms with E-state index in [-0.39, 0.29) is 25.2 Å². The Morgan fingerprint density at radius 1 is 1.21 bits per heavy atom. The van der Waals surface area contributed by atoms with Crippen LogP contribution in [0.3, 0.4) is 0 Å². The van der Waals surface area contributed by atoms with Gasteiger partial charge in [0.2, 0.25) is 0 Å². The Bertz CT molecular complexity index is 590. The van der Waals surface area contributed by atoms with Crippen LogP contribution in [-0.2, 0) is 23.9 Å². The molecule has 130 valence electrons. The number of amides is 1. The standard InChI is InChI=1S/C18H23NO5/c1-3-23-16(20)12-11-14-10-9-13-7-5-6-8-15(13)19(14)17(21)18(22)24-4-2/h5-6,8,11-14H,3-4,7,9-10H2,1-2H3. The Morgan fingerprint density at radius 3 is 2.67 bits per heavy atom. The number of ether oxygens (including phenoxy) is 2. The zero-order chi connectivity index (χ0) is 17.5. The zero-order valence-corrected chi connectivity index (χ0v) is 14.1. The molecule has 0 N–H and O–H groups in total. The van der Waals surface area contributed by atoms with Crippen molar-refractivity contribution in [1.29, 1.82) is 0 Å². The lowest BCUT2D eigenvalue weighted by molar-refractivity contribution is -0.160. The van der Waals surface area contributed by atoms with Gasteiger partial charge in [-0.1, -0.05) is 18.2 Å². The van der Waals surface area contributed by atoms with Gasteiger partial charge in [-0.3, -0.25) is 9.69 Å². The summed E-state index contributed by atoms with van der Waals surface area (Å²) in [7, 11) is 0. The van der Waals surface area contributed by atoms with E-state index in [0.29, 0.717) is 6.42 Å². The molecule has 0 spiro atoms. The van der Waals surface area contributed by atoms with Crippen molar-refractivity contribution in [2.45, 2.75) is 39.2 Å². The van der Waals surface area contributed by atoms with Crippen molar-refractivity contribution in [3.8, 4) is 0 Å². The molecule has 1 fully saturated rings. The Balaban J connectivity index is 2.25. The quantitative estimate of drug-likeness (QED) is 0.448. The topological polar surface area (TPSA) is 72.9 Å². The molecule has 0 aromatic carbocycles. The van der Waals surface area contributed by atoms with Gasteiger partial charge in [-0.2, -0.15) is 0 Å². The number of carbonyl (C=O) groups is 3. The fourth-order valence-corrected chi connectivity index (χ4v) is 3.02. The third kappa shape index (κ3) is 4.13. The normalized spacial score (nSPS) is 22.8. The van der Waals surface area contributed by atoms with Crippen LogP contribution >= 0.6 is 0 Å². The first-order valence-corrected chi connectivity index (χ1v) is 8.30. The van der Waals surface area contributed by atoms with Crippen molar-refractivity contribution in [2.24, 2.45) is 5.92 Å². The van der Waals surface area contributed by atoms with Crippen LogP contribution in [0.2, 0.25) is 0 Å². The molecule has 1 aliphatic carbocycles. The summed E-state index contributed by atoms with van der Waals surface area (Å²) in [6.45, 7) is 3.82. The molecular formula is C18H23NO5. The molecule has 2 atom stereocenters. The number of hydrogen-bond donors (Lipinski definition) is 0. The minimum atomic E-state index is -0.872. The van der Waals surface area contributed by atoms with E-state index in [1.165, 1.54) is 11.0 Å². The SMILES string of the molecule is CCOC(=O)C=CC1CCC2CC=CC=C2N1C(=O)C(=O)OCC. The van der Waals surface area contributed by atoms with Crippen LogP contribution in [0.1, 0.15) is 33.1 Å². The first-order chi connectivity index (χ1) is 11.6. The highest BCUT2D eigenvalue weighted by Crippen LogP contribution is 2.36. The van der Waals surface area contributed by atoms with Crippen molar-refractivity contribution < 1.29 is 23.9 Å². The van der Waals surface area contributed by atoms with Crippen molar-refractivity contribution in [3.05, 3.63) is 36.1 Å². The van der Waals surface area contributed by atoms with Crippen LogP contribution in [-0.4, -0.2) is 42.0 Å². The van der Waals surface area contributed by atoms with E-state index in [1.54, 1.807) is 19.9 Å². The molecule has 2 rings (SSSR count). The number of esters is 2. The van der Waals surface area contributed by atoms with Crippen LogP contribution in [0, 0.1) is 5.92 Å². The monoisotopic (exact) mass is 333 g/mol. The highest BCUT2D eigenvalue weighted by atomic mass is 16.5. The molecule has 0 aromatic heterocycles. The second-order valence-electron chi connectivity index (χ2n) is 5.60. The second-order valence-corrected chi connectivity index (χ2v) is 5.60. The number of fused-ring (bicyclic) bond motifs is 1. The van der Waals surface area contributed by atoms with E-state index in [0.717, 1.165) is 18.5 Å². The van der Waals surface area contributed by atoms with Gasteiger partial charge < -0.3 is 9.47 Å². The molecule has 0 bridgehead atoms. The zero-order valence-electron chi connectivity index (χ0n) is 14.1. The highest BCUT2D eigenvalue weighted by molar-refractivity contribution is 6.33. The molecule has 1 saturated heterocycles. The second kappa shape index (κ2) is 8.47. The lowest BCUT2D eigenvalue weighted by Crippen LogP contribution is -2.48. The predicted octanol–water partition coefficient (Wildman–Crippen LogP) is 2.12. The fourth-order valence-electron chi connectivity index (χ4n) is 3.02. The first kappa shape index (κ1) is 18.0. The molecule has 0 aromatic rings. The van der Waals surface area contributed by atoms with Gasteiger partial charge in [-0.05, 0) is 39.2 Å². The average molecular weight is 333 g/mol. The van der Waals surface area contributed by atoms with Gasteiger partial charge in [-0.25, -0.2) is 9.59 Å². The van der Waals surface area contributed by atoms with Crippen LogP contribution < -0.4 is 0 Å². The Kier molecular flexibility index (Phi) is 6.35. The number of hydrogen-bond acceptors (Lipinski definition) is 5. The average Bonchev–Trinajstić information content (AvgIpc) is 2.59. The first-order valence-electron chi connectivity index (χ1n) is 8.30. The van der Waals surface area contributed by atoms with Gasteiger partial charge in [0.05, 0.1) is 19.3 Å². The molecule has 1 heterocycles. The van der Waals surface area contributed by atoms with Gasteiger partial charge in [0.1, 0.15) is 0 Å². The molecule has 6 nitrogen and oxygen atoms in total. The minimum Gasteiger partial charge on any atom is -0.463 e. The van der Waals surface area contributed by atoms with Crippen LogP contribution in [0.25, 0.3) is 0 Å². The maximum absolute atomic E-state index is 12.6. The summed E-state index contributed by atoms with van der Waals surface area (Å²) in [5.74, 6) is -1.81. The third-order valence-electron chi connectivity index (χ3n) is 4.07. The number of piperidine rings is 1.